The van der Waals surface area contributed by atoms with Crippen LogP contribution in [0.3, 0.4) is 0 Å². The average Bonchev–Trinajstić information content (AvgIpc) is 2.54. The van der Waals surface area contributed by atoms with Crippen molar-refractivity contribution in [1.82, 2.24) is 5.32 Å². The molecule has 2 aromatic carbocycles. The number of hydrogen-bond donors (Lipinski definition) is 2. The molecule has 0 fully saturated rings. The van der Waals surface area contributed by atoms with Crippen LogP contribution >= 0.6 is 27.5 Å². The van der Waals surface area contributed by atoms with E-state index in [1.165, 1.54) is 0 Å². The highest BCUT2D eigenvalue weighted by atomic mass is 79.9. The summed E-state index contributed by atoms with van der Waals surface area (Å²) in [6, 6.07) is 15.1. The first-order valence-corrected chi connectivity index (χ1v) is 8.54. The maximum Gasteiger partial charge on any atom is 0.252 e. The van der Waals surface area contributed by atoms with Crippen molar-refractivity contribution in [3.63, 3.8) is 0 Å². The summed E-state index contributed by atoms with van der Waals surface area (Å²) in [5.74, 6) is -0.295. The molecule has 3 nitrogen and oxygen atoms in total. The Balaban J connectivity index is 1.90. The molecule has 0 aliphatic rings. The number of aliphatic hydroxyl groups is 1. The number of carbonyl (C=O) groups is 1. The van der Waals surface area contributed by atoms with Crippen molar-refractivity contribution in [2.45, 2.75) is 25.4 Å². The van der Waals surface area contributed by atoms with Gasteiger partial charge in [0.2, 0.25) is 0 Å². The van der Waals surface area contributed by atoms with E-state index in [1.54, 1.807) is 25.1 Å². The second-order valence-corrected chi connectivity index (χ2v) is 7.11. The molecule has 0 aliphatic carbocycles. The van der Waals surface area contributed by atoms with E-state index in [-0.39, 0.29) is 12.5 Å². The molecule has 2 aromatic rings. The minimum Gasteiger partial charge on any atom is -0.388 e. The number of benzene rings is 2. The van der Waals surface area contributed by atoms with Gasteiger partial charge in [-0.1, -0.05) is 57.9 Å². The molecule has 5 heteroatoms. The van der Waals surface area contributed by atoms with E-state index in [4.69, 9.17) is 11.6 Å². The van der Waals surface area contributed by atoms with Gasteiger partial charge in [0.15, 0.2) is 0 Å². The summed E-state index contributed by atoms with van der Waals surface area (Å²) in [6.07, 6.45) is 1.31. The summed E-state index contributed by atoms with van der Waals surface area (Å²) < 4.78 is 0.780. The zero-order valence-electron chi connectivity index (χ0n) is 12.9. The Labute approximate surface area is 149 Å². The monoisotopic (exact) mass is 395 g/mol. The Morgan fingerprint density at radius 1 is 1.26 bits per heavy atom. The fourth-order valence-corrected chi connectivity index (χ4v) is 2.75. The summed E-state index contributed by atoms with van der Waals surface area (Å²) in [5.41, 5.74) is 0.568. The van der Waals surface area contributed by atoms with E-state index in [1.807, 2.05) is 30.3 Å². The van der Waals surface area contributed by atoms with Crippen molar-refractivity contribution in [1.29, 1.82) is 0 Å². The maximum atomic E-state index is 12.2. The van der Waals surface area contributed by atoms with Crippen LogP contribution in [0.15, 0.2) is 53.0 Å². The fraction of sp³-hybridized carbons (Fsp3) is 0.278. The lowest BCUT2D eigenvalue weighted by Gasteiger charge is -2.24. The molecule has 2 rings (SSSR count). The van der Waals surface area contributed by atoms with E-state index in [0.717, 1.165) is 16.5 Å². The van der Waals surface area contributed by atoms with Gasteiger partial charge >= 0.3 is 0 Å². The first kappa shape index (κ1) is 18.0. The average molecular weight is 397 g/mol. The molecule has 0 heterocycles. The molecule has 0 radical (unpaired) electrons. The molecular formula is C18H19BrClNO2. The van der Waals surface area contributed by atoms with Gasteiger partial charge in [0.1, 0.15) is 0 Å². The van der Waals surface area contributed by atoms with Crippen LogP contribution in [0, 0.1) is 0 Å². The SMILES string of the molecule is C[C@@](O)(CCc1ccccc1)CNC(=O)c1cc(Br)ccc1Cl. The molecule has 0 aromatic heterocycles. The molecule has 0 spiro atoms. The van der Waals surface area contributed by atoms with Crippen LogP contribution in [0.25, 0.3) is 0 Å². The van der Waals surface area contributed by atoms with Crippen LogP contribution in [-0.2, 0) is 6.42 Å². The number of hydrogen-bond acceptors (Lipinski definition) is 2. The van der Waals surface area contributed by atoms with Crippen LogP contribution in [0.4, 0.5) is 0 Å². The quantitative estimate of drug-likeness (QED) is 0.768. The highest BCUT2D eigenvalue weighted by Crippen LogP contribution is 2.21. The second-order valence-electron chi connectivity index (χ2n) is 5.79. The Morgan fingerprint density at radius 3 is 2.65 bits per heavy atom. The maximum absolute atomic E-state index is 12.2. The Hall–Kier alpha value is -1.36. The Bertz CT molecular complexity index is 674. The standard InChI is InChI=1S/C18H19BrClNO2/c1-18(23,10-9-13-5-3-2-4-6-13)12-21-17(22)15-11-14(19)7-8-16(15)20/h2-8,11,23H,9-10,12H2,1H3,(H,21,22)/t18-/m1/s1. The molecule has 1 amide bonds. The molecule has 0 aliphatic heterocycles. The van der Waals surface area contributed by atoms with Gasteiger partial charge < -0.3 is 10.4 Å². The van der Waals surface area contributed by atoms with Crippen molar-refractivity contribution in [2.75, 3.05) is 6.54 Å². The molecule has 1 atom stereocenters. The molecule has 0 unspecified atom stereocenters. The summed E-state index contributed by atoms with van der Waals surface area (Å²) in [4.78, 5) is 12.2. The highest BCUT2D eigenvalue weighted by molar-refractivity contribution is 9.10. The van der Waals surface area contributed by atoms with E-state index in [0.29, 0.717) is 17.0 Å². The zero-order chi connectivity index (χ0) is 16.9. The number of amides is 1. The third-order valence-electron chi connectivity index (χ3n) is 3.60. The molecule has 2 N–H and O–H groups in total. The van der Waals surface area contributed by atoms with Crippen molar-refractivity contribution in [2.24, 2.45) is 0 Å². The first-order valence-electron chi connectivity index (χ1n) is 7.37. The van der Waals surface area contributed by atoms with Crippen molar-refractivity contribution in [3.8, 4) is 0 Å². The van der Waals surface area contributed by atoms with Gasteiger partial charge in [0, 0.05) is 11.0 Å². The third kappa shape index (κ3) is 5.65. The lowest BCUT2D eigenvalue weighted by molar-refractivity contribution is 0.0478. The molecule has 0 saturated carbocycles. The van der Waals surface area contributed by atoms with E-state index >= 15 is 0 Å². The predicted molar refractivity (Wildman–Crippen MR) is 96.9 cm³/mol. The lowest BCUT2D eigenvalue weighted by Crippen LogP contribution is -2.41. The number of rotatable bonds is 6. The smallest absolute Gasteiger partial charge is 0.252 e. The molecular weight excluding hydrogens is 378 g/mol. The molecule has 23 heavy (non-hydrogen) atoms. The summed E-state index contributed by atoms with van der Waals surface area (Å²) >= 11 is 9.36. The summed E-state index contributed by atoms with van der Waals surface area (Å²) in [5, 5.41) is 13.6. The minimum absolute atomic E-state index is 0.168. The van der Waals surface area contributed by atoms with Crippen LogP contribution in [0.5, 0.6) is 0 Å². The normalized spacial score (nSPS) is 13.4. The topological polar surface area (TPSA) is 49.3 Å². The fourth-order valence-electron chi connectivity index (χ4n) is 2.18. The third-order valence-corrected chi connectivity index (χ3v) is 4.42. The van der Waals surface area contributed by atoms with Crippen molar-refractivity contribution in [3.05, 3.63) is 69.2 Å². The molecule has 122 valence electrons. The predicted octanol–water partition coefficient (Wildman–Crippen LogP) is 4.22. The van der Waals surface area contributed by atoms with Crippen LogP contribution in [-0.4, -0.2) is 23.2 Å². The van der Waals surface area contributed by atoms with Gasteiger partial charge in [0.05, 0.1) is 16.2 Å². The van der Waals surface area contributed by atoms with Gasteiger partial charge in [0.25, 0.3) is 5.91 Å². The van der Waals surface area contributed by atoms with Crippen molar-refractivity contribution >= 4 is 33.4 Å². The van der Waals surface area contributed by atoms with Gasteiger partial charge in [-0.05, 0) is 43.5 Å². The minimum atomic E-state index is -0.982. The molecule has 0 bridgehead atoms. The Kier molecular flexibility index (Phi) is 6.22. The van der Waals surface area contributed by atoms with Crippen molar-refractivity contribution < 1.29 is 9.90 Å². The Morgan fingerprint density at radius 2 is 1.96 bits per heavy atom. The number of carbonyl (C=O) groups excluding carboxylic acids is 1. The van der Waals surface area contributed by atoms with Gasteiger partial charge in [-0.15, -0.1) is 0 Å². The van der Waals surface area contributed by atoms with Gasteiger partial charge in [-0.25, -0.2) is 0 Å². The molecule has 0 saturated heterocycles. The summed E-state index contributed by atoms with van der Waals surface area (Å²) in [7, 11) is 0. The van der Waals surface area contributed by atoms with E-state index in [9.17, 15) is 9.90 Å². The summed E-state index contributed by atoms with van der Waals surface area (Å²) in [6.45, 7) is 1.89. The van der Waals surface area contributed by atoms with Gasteiger partial charge in [-0.3, -0.25) is 4.79 Å². The lowest BCUT2D eigenvalue weighted by atomic mass is 9.96. The largest absolute Gasteiger partial charge is 0.388 e. The van der Waals surface area contributed by atoms with Gasteiger partial charge in [-0.2, -0.15) is 0 Å². The van der Waals surface area contributed by atoms with Crippen LogP contribution in [0.1, 0.15) is 29.3 Å². The zero-order valence-corrected chi connectivity index (χ0v) is 15.2. The van der Waals surface area contributed by atoms with E-state index < -0.39 is 5.60 Å². The highest BCUT2D eigenvalue weighted by Gasteiger charge is 2.22. The first-order chi connectivity index (χ1) is 10.9. The van der Waals surface area contributed by atoms with Crippen LogP contribution < -0.4 is 5.32 Å². The number of halogens is 2. The second kappa shape index (κ2) is 7.95. The van der Waals surface area contributed by atoms with Crippen LogP contribution in [0.2, 0.25) is 5.02 Å². The number of nitrogens with one attached hydrogen (secondary N) is 1. The van der Waals surface area contributed by atoms with E-state index in [2.05, 4.69) is 21.2 Å². The number of aryl methyl sites for hydroxylation is 1.